The minimum atomic E-state index is -1.29. The molecule has 1 aromatic rings. The van der Waals surface area contributed by atoms with Crippen molar-refractivity contribution < 1.29 is 24.2 Å². The van der Waals surface area contributed by atoms with Crippen LogP contribution in [-0.2, 0) is 25.7 Å². The molecule has 7 atom stereocenters. The summed E-state index contributed by atoms with van der Waals surface area (Å²) in [6.07, 6.45) is 7.70. The lowest BCUT2D eigenvalue weighted by Crippen LogP contribution is -2.61. The van der Waals surface area contributed by atoms with Crippen LogP contribution in [0.15, 0.2) is 54.6 Å². The number of likely N-dealkylation sites (tertiary alicyclic amines) is 1. The van der Waals surface area contributed by atoms with Crippen LogP contribution < -0.4 is 0 Å². The minimum absolute atomic E-state index is 0.0481. The van der Waals surface area contributed by atoms with Gasteiger partial charge in [-0.25, -0.2) is 0 Å². The molecule has 0 radical (unpaired) electrons. The largest absolute Gasteiger partial charge is 0.394 e. The zero-order valence-corrected chi connectivity index (χ0v) is 23.6. The number of aliphatic hydroxyl groups is 1. The first kappa shape index (κ1) is 27.6. The van der Waals surface area contributed by atoms with Crippen LogP contribution in [0.5, 0.6) is 0 Å². The topological polar surface area (TPSA) is 90.4 Å². The van der Waals surface area contributed by atoms with Crippen LogP contribution in [0.3, 0.4) is 0 Å². The average molecular weight is 536 g/mol. The molecule has 1 unspecified atom stereocenters. The molecule has 5 rings (SSSR count). The van der Waals surface area contributed by atoms with Gasteiger partial charge < -0.3 is 24.5 Å². The molecule has 4 heterocycles. The van der Waals surface area contributed by atoms with Crippen LogP contribution in [0.25, 0.3) is 0 Å². The first-order valence-corrected chi connectivity index (χ1v) is 14.1. The van der Waals surface area contributed by atoms with E-state index in [2.05, 4.69) is 0 Å². The van der Waals surface area contributed by atoms with Crippen LogP contribution in [0, 0.1) is 17.8 Å². The molecule has 3 amide bonds. The number of ether oxygens (including phenoxy) is 1. The molecule has 0 bridgehead atoms. The zero-order chi connectivity index (χ0) is 28.1. The fourth-order valence-electron chi connectivity index (χ4n) is 6.85. The SMILES string of the molecule is CC[C@H](C)[C@H](CO)N1C(=O)[C@@H]2[C@@H]3C(=O)N(Cc4ccccc4)CC=C[C@@H]3O[C@@]23C=CCN(C(C)(C)C)C(=O)C13. The Labute approximate surface area is 231 Å². The van der Waals surface area contributed by atoms with Gasteiger partial charge in [0, 0.05) is 25.2 Å². The molecule has 39 heavy (non-hydrogen) atoms. The highest BCUT2D eigenvalue weighted by atomic mass is 16.5. The molecule has 8 nitrogen and oxygen atoms in total. The Bertz CT molecular complexity index is 1170. The average Bonchev–Trinajstić information content (AvgIpc) is 3.21. The van der Waals surface area contributed by atoms with Gasteiger partial charge in [0.25, 0.3) is 0 Å². The summed E-state index contributed by atoms with van der Waals surface area (Å²) in [5, 5.41) is 10.5. The number of hydrogen-bond donors (Lipinski definition) is 1. The van der Waals surface area contributed by atoms with E-state index in [0.717, 1.165) is 12.0 Å². The maximum atomic E-state index is 14.5. The van der Waals surface area contributed by atoms with Crippen molar-refractivity contribution in [2.24, 2.45) is 17.8 Å². The number of aliphatic hydroxyl groups excluding tert-OH is 1. The molecule has 0 saturated carbocycles. The lowest BCUT2D eigenvalue weighted by Gasteiger charge is -2.43. The molecule has 0 aliphatic carbocycles. The Hall–Kier alpha value is -2.97. The molecule has 1 aromatic carbocycles. The summed E-state index contributed by atoms with van der Waals surface area (Å²) in [7, 11) is 0. The van der Waals surface area contributed by atoms with E-state index in [1.165, 1.54) is 0 Å². The smallest absolute Gasteiger partial charge is 0.249 e. The van der Waals surface area contributed by atoms with Crippen molar-refractivity contribution in [2.75, 3.05) is 19.7 Å². The van der Waals surface area contributed by atoms with E-state index in [-0.39, 0.29) is 30.2 Å². The normalized spacial score (nSPS) is 32.1. The molecular formula is C31H41N3O5. The summed E-state index contributed by atoms with van der Waals surface area (Å²) in [4.78, 5) is 48.2. The second kappa shape index (κ2) is 10.2. The van der Waals surface area contributed by atoms with Crippen molar-refractivity contribution in [3.8, 4) is 0 Å². The van der Waals surface area contributed by atoms with Crippen LogP contribution >= 0.6 is 0 Å². The standard InChI is InChI=1S/C31H41N3O5/c1-6-20(2)22(19-35)34-26-29(38)33(30(3,4)5)17-11-15-31(26)25(28(34)37)24-23(39-31)14-10-16-32(27(24)36)18-21-12-8-7-9-13-21/h7-15,20,22-26,35H,6,16-19H2,1-5H3/t20-,22-,23-,24+,25-,26?,31-/m0/s1. The number of fused-ring (bicyclic) bond motifs is 2. The summed E-state index contributed by atoms with van der Waals surface area (Å²) < 4.78 is 6.74. The maximum Gasteiger partial charge on any atom is 0.249 e. The number of carbonyl (C=O) groups excluding carboxylic acids is 3. The summed E-state index contributed by atoms with van der Waals surface area (Å²) in [6.45, 7) is 10.9. The Morgan fingerprint density at radius 2 is 1.77 bits per heavy atom. The van der Waals surface area contributed by atoms with E-state index in [1.807, 2.05) is 89.3 Å². The van der Waals surface area contributed by atoms with Crippen molar-refractivity contribution in [1.82, 2.24) is 14.7 Å². The summed E-state index contributed by atoms with van der Waals surface area (Å²) in [5.74, 6) is -2.32. The predicted octanol–water partition coefficient (Wildman–Crippen LogP) is 2.77. The Kier molecular flexibility index (Phi) is 7.22. The molecule has 8 heteroatoms. The fourth-order valence-corrected chi connectivity index (χ4v) is 6.85. The van der Waals surface area contributed by atoms with Crippen molar-refractivity contribution in [1.29, 1.82) is 0 Å². The molecular weight excluding hydrogens is 494 g/mol. The lowest BCUT2D eigenvalue weighted by atomic mass is 9.77. The molecule has 4 aliphatic heterocycles. The monoisotopic (exact) mass is 535 g/mol. The van der Waals surface area contributed by atoms with Crippen LogP contribution in [-0.4, -0.2) is 86.6 Å². The zero-order valence-electron chi connectivity index (χ0n) is 23.6. The van der Waals surface area contributed by atoms with Gasteiger partial charge >= 0.3 is 0 Å². The molecule has 2 fully saturated rings. The third kappa shape index (κ3) is 4.42. The molecule has 210 valence electrons. The second-order valence-electron chi connectivity index (χ2n) is 12.4. The minimum Gasteiger partial charge on any atom is -0.394 e. The molecule has 0 aromatic heterocycles. The van der Waals surface area contributed by atoms with Gasteiger partial charge in [0.1, 0.15) is 11.6 Å². The Morgan fingerprint density at radius 1 is 1.05 bits per heavy atom. The summed E-state index contributed by atoms with van der Waals surface area (Å²) in [6, 6.07) is 8.27. The third-order valence-electron chi connectivity index (χ3n) is 9.05. The van der Waals surface area contributed by atoms with Gasteiger partial charge in [-0.3, -0.25) is 14.4 Å². The Balaban J connectivity index is 1.61. The quantitative estimate of drug-likeness (QED) is 0.566. The third-order valence-corrected chi connectivity index (χ3v) is 9.05. The number of benzene rings is 1. The molecule has 2 saturated heterocycles. The number of carbonyl (C=O) groups is 3. The number of nitrogens with zero attached hydrogens (tertiary/aromatic N) is 3. The van der Waals surface area contributed by atoms with Gasteiger partial charge in [-0.1, -0.05) is 74.9 Å². The highest BCUT2D eigenvalue weighted by Crippen LogP contribution is 2.54. The van der Waals surface area contributed by atoms with E-state index in [9.17, 15) is 19.5 Å². The van der Waals surface area contributed by atoms with Gasteiger partial charge in [0.15, 0.2) is 0 Å². The molecule has 1 spiro atoms. The number of hydrogen-bond acceptors (Lipinski definition) is 5. The van der Waals surface area contributed by atoms with Crippen molar-refractivity contribution in [3.05, 3.63) is 60.2 Å². The highest BCUT2D eigenvalue weighted by Gasteiger charge is 2.73. The van der Waals surface area contributed by atoms with E-state index in [0.29, 0.717) is 19.6 Å². The van der Waals surface area contributed by atoms with Gasteiger partial charge in [0.2, 0.25) is 17.7 Å². The van der Waals surface area contributed by atoms with Crippen molar-refractivity contribution in [3.63, 3.8) is 0 Å². The van der Waals surface area contributed by atoms with E-state index in [4.69, 9.17) is 4.74 Å². The van der Waals surface area contributed by atoms with E-state index in [1.54, 1.807) is 14.7 Å². The molecule has 1 N–H and O–H groups in total. The van der Waals surface area contributed by atoms with Crippen molar-refractivity contribution >= 4 is 17.7 Å². The number of amides is 3. The Morgan fingerprint density at radius 3 is 2.41 bits per heavy atom. The van der Waals surface area contributed by atoms with Crippen LogP contribution in [0.1, 0.15) is 46.6 Å². The van der Waals surface area contributed by atoms with E-state index < -0.39 is 41.2 Å². The van der Waals surface area contributed by atoms with Gasteiger partial charge in [0.05, 0.1) is 30.6 Å². The molecule has 4 aliphatic rings. The lowest BCUT2D eigenvalue weighted by molar-refractivity contribution is -0.155. The number of rotatable bonds is 6. The maximum absolute atomic E-state index is 14.5. The predicted molar refractivity (Wildman–Crippen MR) is 147 cm³/mol. The van der Waals surface area contributed by atoms with Gasteiger partial charge in [-0.2, -0.15) is 0 Å². The van der Waals surface area contributed by atoms with Crippen LogP contribution in [0.4, 0.5) is 0 Å². The first-order chi connectivity index (χ1) is 18.5. The summed E-state index contributed by atoms with van der Waals surface area (Å²) >= 11 is 0. The first-order valence-electron chi connectivity index (χ1n) is 14.1. The van der Waals surface area contributed by atoms with E-state index >= 15 is 0 Å². The van der Waals surface area contributed by atoms with Gasteiger partial charge in [-0.05, 0) is 32.3 Å². The van der Waals surface area contributed by atoms with Crippen molar-refractivity contribution in [2.45, 2.75) is 76.9 Å². The second-order valence-corrected chi connectivity index (χ2v) is 12.4. The highest BCUT2D eigenvalue weighted by molar-refractivity contribution is 6.00. The summed E-state index contributed by atoms with van der Waals surface area (Å²) in [5.41, 5.74) is -0.776. The van der Waals surface area contributed by atoms with Crippen LogP contribution in [0.2, 0.25) is 0 Å². The van der Waals surface area contributed by atoms with Gasteiger partial charge in [-0.15, -0.1) is 0 Å². The fraction of sp³-hybridized carbons (Fsp3) is 0.581.